The molecule has 0 unspecified atom stereocenters. The third-order valence-electron chi connectivity index (χ3n) is 4.39. The predicted octanol–water partition coefficient (Wildman–Crippen LogP) is 4.81. The van der Waals surface area contributed by atoms with Crippen LogP contribution in [0, 0.1) is 13.8 Å². The van der Waals surface area contributed by atoms with Crippen LogP contribution in [0.4, 0.5) is 17.2 Å². The average molecular weight is 382 g/mol. The van der Waals surface area contributed by atoms with E-state index in [9.17, 15) is 8.42 Å². The molecular weight excluding hydrogens is 358 g/mol. The molecule has 140 valence electrons. The van der Waals surface area contributed by atoms with Gasteiger partial charge in [-0.25, -0.2) is 13.4 Å². The molecule has 3 aromatic rings. The second-order valence-corrected chi connectivity index (χ2v) is 8.04. The van der Waals surface area contributed by atoms with Crippen LogP contribution in [0.25, 0.3) is 0 Å². The minimum atomic E-state index is -3.64. The molecule has 0 bridgehead atoms. The highest BCUT2D eigenvalue weighted by Crippen LogP contribution is 2.25. The maximum Gasteiger partial charge on any atom is 0.262 e. The van der Waals surface area contributed by atoms with Crippen LogP contribution in [0.15, 0.2) is 65.7 Å². The zero-order valence-electron chi connectivity index (χ0n) is 15.7. The fraction of sp³-hybridized carbons (Fsp3) is 0.190. The van der Waals surface area contributed by atoms with Gasteiger partial charge < -0.3 is 5.32 Å². The summed E-state index contributed by atoms with van der Waals surface area (Å²) in [6.45, 7) is 5.93. The van der Waals surface area contributed by atoms with Crippen molar-refractivity contribution < 1.29 is 8.42 Å². The molecule has 27 heavy (non-hydrogen) atoms. The molecule has 2 N–H and O–H groups in total. The lowest BCUT2D eigenvalue weighted by Gasteiger charge is -2.14. The molecule has 0 saturated heterocycles. The van der Waals surface area contributed by atoms with E-state index in [1.807, 2.05) is 25.1 Å². The van der Waals surface area contributed by atoms with Crippen LogP contribution in [0.1, 0.15) is 23.6 Å². The molecule has 3 rings (SSSR count). The second-order valence-electron chi connectivity index (χ2n) is 6.39. The van der Waals surface area contributed by atoms with E-state index in [4.69, 9.17) is 0 Å². The topological polar surface area (TPSA) is 71.1 Å². The van der Waals surface area contributed by atoms with Gasteiger partial charge in [0.1, 0.15) is 5.82 Å². The summed E-state index contributed by atoms with van der Waals surface area (Å²) in [5, 5.41) is 3.33. The van der Waals surface area contributed by atoms with Crippen LogP contribution in [0.5, 0.6) is 0 Å². The molecule has 0 fully saturated rings. The third kappa shape index (κ3) is 4.28. The number of aryl methyl sites for hydroxylation is 3. The molecule has 1 aromatic heterocycles. The van der Waals surface area contributed by atoms with Crippen molar-refractivity contribution in [2.75, 3.05) is 10.0 Å². The van der Waals surface area contributed by atoms with E-state index in [2.05, 4.69) is 28.0 Å². The number of para-hydroxylation sites is 1. The lowest BCUT2D eigenvalue weighted by molar-refractivity contribution is 0.600. The first-order valence-corrected chi connectivity index (χ1v) is 10.3. The first kappa shape index (κ1) is 18.9. The van der Waals surface area contributed by atoms with Crippen LogP contribution in [0.2, 0.25) is 0 Å². The van der Waals surface area contributed by atoms with Crippen molar-refractivity contribution in [3.63, 3.8) is 0 Å². The van der Waals surface area contributed by atoms with Gasteiger partial charge in [0.15, 0.2) is 0 Å². The van der Waals surface area contributed by atoms with Crippen LogP contribution in [0.3, 0.4) is 0 Å². The van der Waals surface area contributed by atoms with Crippen molar-refractivity contribution in [1.82, 2.24) is 4.98 Å². The zero-order chi connectivity index (χ0) is 19.4. The Morgan fingerprint density at radius 3 is 2.33 bits per heavy atom. The van der Waals surface area contributed by atoms with Crippen LogP contribution >= 0.6 is 0 Å². The Bertz CT molecular complexity index is 1050. The van der Waals surface area contributed by atoms with Crippen molar-refractivity contribution in [3.05, 3.63) is 77.5 Å². The zero-order valence-corrected chi connectivity index (χ0v) is 16.5. The second kappa shape index (κ2) is 7.80. The van der Waals surface area contributed by atoms with Crippen LogP contribution in [-0.2, 0) is 16.4 Å². The number of rotatable bonds is 6. The third-order valence-corrected chi connectivity index (χ3v) is 5.93. The van der Waals surface area contributed by atoms with Crippen LogP contribution in [-0.4, -0.2) is 13.4 Å². The lowest BCUT2D eigenvalue weighted by atomic mass is 10.1. The van der Waals surface area contributed by atoms with Gasteiger partial charge in [-0.3, -0.25) is 4.72 Å². The van der Waals surface area contributed by atoms with E-state index in [1.165, 1.54) is 11.8 Å². The number of benzene rings is 2. The molecule has 0 spiro atoms. The van der Waals surface area contributed by atoms with E-state index >= 15 is 0 Å². The van der Waals surface area contributed by atoms with Gasteiger partial charge in [0.2, 0.25) is 0 Å². The minimum Gasteiger partial charge on any atom is -0.340 e. The summed E-state index contributed by atoms with van der Waals surface area (Å²) in [6, 6.07) is 16.5. The molecule has 0 aliphatic carbocycles. The van der Waals surface area contributed by atoms with Gasteiger partial charge in [-0.2, -0.15) is 0 Å². The summed E-state index contributed by atoms with van der Waals surface area (Å²) in [6.07, 6.45) is 2.43. The number of aromatic nitrogens is 1. The number of hydrogen-bond acceptors (Lipinski definition) is 4. The Morgan fingerprint density at radius 1 is 0.926 bits per heavy atom. The van der Waals surface area contributed by atoms with E-state index in [-0.39, 0.29) is 4.90 Å². The molecule has 2 aromatic carbocycles. The molecule has 0 radical (unpaired) electrons. The quantitative estimate of drug-likeness (QED) is 0.643. The Labute approximate surface area is 160 Å². The molecule has 6 heteroatoms. The summed E-state index contributed by atoms with van der Waals surface area (Å²) < 4.78 is 27.7. The van der Waals surface area contributed by atoms with Gasteiger partial charge in [-0.1, -0.05) is 43.3 Å². The van der Waals surface area contributed by atoms with Gasteiger partial charge in [-0.15, -0.1) is 0 Å². The van der Waals surface area contributed by atoms with Gasteiger partial charge in [0.25, 0.3) is 10.0 Å². The number of anilines is 3. The van der Waals surface area contributed by atoms with Crippen molar-refractivity contribution in [2.24, 2.45) is 0 Å². The van der Waals surface area contributed by atoms with Crippen molar-refractivity contribution >= 4 is 27.2 Å². The number of sulfonamides is 1. The van der Waals surface area contributed by atoms with Gasteiger partial charge >= 0.3 is 0 Å². The molecule has 5 nitrogen and oxygen atoms in total. The summed E-state index contributed by atoms with van der Waals surface area (Å²) >= 11 is 0. The molecule has 0 aliphatic heterocycles. The Kier molecular flexibility index (Phi) is 5.46. The fourth-order valence-electron chi connectivity index (χ4n) is 2.93. The maximum absolute atomic E-state index is 12.6. The fourth-order valence-corrected chi connectivity index (χ4v) is 4.22. The highest BCUT2D eigenvalue weighted by molar-refractivity contribution is 7.92. The van der Waals surface area contributed by atoms with E-state index in [0.29, 0.717) is 17.1 Å². The molecule has 0 atom stereocenters. The Hall–Kier alpha value is -2.86. The van der Waals surface area contributed by atoms with Crippen molar-refractivity contribution in [3.8, 4) is 0 Å². The van der Waals surface area contributed by atoms with Crippen molar-refractivity contribution in [2.45, 2.75) is 32.1 Å². The van der Waals surface area contributed by atoms with Crippen molar-refractivity contribution in [1.29, 1.82) is 0 Å². The molecule has 0 amide bonds. The van der Waals surface area contributed by atoms with E-state index in [1.54, 1.807) is 37.3 Å². The average Bonchev–Trinajstić information content (AvgIpc) is 2.65. The monoisotopic (exact) mass is 381 g/mol. The first-order chi connectivity index (χ1) is 12.9. The molecule has 0 saturated carbocycles. The summed E-state index contributed by atoms with van der Waals surface area (Å²) in [5.74, 6) is 0.665. The molecule has 1 heterocycles. The lowest BCUT2D eigenvalue weighted by Crippen LogP contribution is -2.14. The number of pyridine rings is 1. The van der Waals surface area contributed by atoms with E-state index < -0.39 is 10.0 Å². The Morgan fingerprint density at radius 2 is 1.67 bits per heavy atom. The largest absolute Gasteiger partial charge is 0.340 e. The van der Waals surface area contributed by atoms with Gasteiger partial charge in [0.05, 0.1) is 16.8 Å². The predicted molar refractivity (Wildman–Crippen MR) is 110 cm³/mol. The standard InChI is InChI=1S/C21H23N3O2S/c1-4-17-10-7-9-16(3)21(17)23-20-13-12-18(14-22-20)24-27(25,26)19-11-6-5-8-15(19)2/h5-14,24H,4H2,1-3H3,(H,22,23). The smallest absolute Gasteiger partial charge is 0.262 e. The summed E-state index contributed by atoms with van der Waals surface area (Å²) in [5.41, 5.74) is 4.51. The SMILES string of the molecule is CCc1cccc(C)c1Nc1ccc(NS(=O)(=O)c2ccccc2C)cn1. The molecule has 0 aliphatic rings. The summed E-state index contributed by atoms with van der Waals surface area (Å²) in [7, 11) is -3.64. The minimum absolute atomic E-state index is 0.264. The normalized spacial score (nSPS) is 11.2. The number of nitrogens with one attached hydrogen (secondary N) is 2. The number of hydrogen-bond donors (Lipinski definition) is 2. The molecular formula is C21H23N3O2S. The maximum atomic E-state index is 12.6. The summed E-state index contributed by atoms with van der Waals surface area (Å²) in [4.78, 5) is 4.62. The first-order valence-electron chi connectivity index (χ1n) is 8.80. The van der Waals surface area contributed by atoms with Crippen LogP contribution < -0.4 is 10.0 Å². The highest BCUT2D eigenvalue weighted by Gasteiger charge is 2.16. The Balaban J connectivity index is 1.80. The number of nitrogens with zero attached hydrogens (tertiary/aromatic N) is 1. The van der Waals surface area contributed by atoms with E-state index in [0.717, 1.165) is 17.7 Å². The highest BCUT2D eigenvalue weighted by atomic mass is 32.2. The van der Waals surface area contributed by atoms with Gasteiger partial charge in [-0.05, 0) is 55.2 Å². The van der Waals surface area contributed by atoms with Gasteiger partial charge in [0, 0.05) is 5.69 Å².